The lowest BCUT2D eigenvalue weighted by atomic mass is 10.3. The highest BCUT2D eigenvalue weighted by Gasteiger charge is 2.15. The van der Waals surface area contributed by atoms with Crippen molar-refractivity contribution in [2.75, 3.05) is 25.7 Å². The molecule has 1 unspecified atom stereocenters. The quantitative estimate of drug-likeness (QED) is 0.340. The molecule has 0 fully saturated rings. The third-order valence-electron chi connectivity index (χ3n) is 4.22. The molecule has 0 aliphatic carbocycles. The molecule has 0 aliphatic heterocycles. The fourth-order valence-electron chi connectivity index (χ4n) is 2.89. The highest BCUT2D eigenvalue weighted by molar-refractivity contribution is 7.86. The van der Waals surface area contributed by atoms with Gasteiger partial charge in [-0.2, -0.15) is 9.62 Å². The van der Waals surface area contributed by atoms with Crippen LogP contribution in [-0.4, -0.2) is 45.3 Å². The Morgan fingerprint density at radius 1 is 1.31 bits per heavy atom. The zero-order chi connectivity index (χ0) is 20.2. The first-order valence-corrected chi connectivity index (χ1v) is 10.6. The minimum absolute atomic E-state index is 0.263. The van der Waals surface area contributed by atoms with Crippen LogP contribution in [0.5, 0.6) is 11.8 Å². The second-order valence-electron chi connectivity index (χ2n) is 6.13. The number of aromatic nitrogens is 4. The van der Waals surface area contributed by atoms with E-state index in [4.69, 9.17) is 19.2 Å². The predicted octanol–water partition coefficient (Wildman–Crippen LogP) is 3.23. The number of nitrogens with zero attached hydrogens (tertiary/aromatic N) is 6. The first-order chi connectivity index (χ1) is 14.2. The van der Waals surface area contributed by atoms with Crippen molar-refractivity contribution >= 4 is 27.3 Å². The van der Waals surface area contributed by atoms with Crippen LogP contribution in [0.2, 0.25) is 0 Å². The van der Waals surface area contributed by atoms with Gasteiger partial charge in [-0.1, -0.05) is 10.7 Å². The molecule has 0 amide bonds. The molecule has 29 heavy (non-hydrogen) atoms. The van der Waals surface area contributed by atoms with Crippen molar-refractivity contribution in [2.45, 2.75) is 6.42 Å². The molecular weight excluding hydrogens is 392 g/mol. The van der Waals surface area contributed by atoms with E-state index < -0.39 is 0 Å². The minimum Gasteiger partial charge on any atom is -0.480 e. The number of pyridine rings is 1. The van der Waals surface area contributed by atoms with Crippen LogP contribution >= 0.6 is 0 Å². The minimum atomic E-state index is -0.263. The van der Waals surface area contributed by atoms with Gasteiger partial charge in [-0.25, -0.2) is 14.5 Å². The van der Waals surface area contributed by atoms with Gasteiger partial charge in [0.05, 0.1) is 25.3 Å². The molecule has 0 aromatic carbocycles. The standard InChI is InChI=1S/C19H18N6O3S/c1-26-19-13-10-16(28-15(13)6-7-21-19)14-11-22-17-4-5-18(24-25(14)17)27-8-3-9-29(2)23-12-20/h4-7,10-11H,3,8-9H2,1-2H3. The van der Waals surface area contributed by atoms with Crippen molar-refractivity contribution in [3.05, 3.63) is 36.7 Å². The molecular formula is C19H18N6O3S. The van der Waals surface area contributed by atoms with Crippen LogP contribution < -0.4 is 9.47 Å². The Kier molecular flexibility index (Phi) is 5.39. The van der Waals surface area contributed by atoms with E-state index in [2.05, 4.69) is 19.4 Å². The molecule has 148 valence electrons. The van der Waals surface area contributed by atoms with Crippen LogP contribution in [0.3, 0.4) is 0 Å². The number of rotatable bonds is 7. The van der Waals surface area contributed by atoms with Gasteiger partial charge < -0.3 is 13.9 Å². The lowest BCUT2D eigenvalue weighted by Gasteiger charge is -2.06. The zero-order valence-corrected chi connectivity index (χ0v) is 16.7. The van der Waals surface area contributed by atoms with E-state index >= 15 is 0 Å². The van der Waals surface area contributed by atoms with Crippen molar-refractivity contribution in [1.29, 1.82) is 5.26 Å². The maximum Gasteiger partial charge on any atom is 0.231 e. The largest absolute Gasteiger partial charge is 0.480 e. The van der Waals surface area contributed by atoms with Gasteiger partial charge in [0.15, 0.2) is 11.4 Å². The van der Waals surface area contributed by atoms with Gasteiger partial charge in [-0.05, 0) is 24.8 Å². The van der Waals surface area contributed by atoms with E-state index in [0.29, 0.717) is 41.1 Å². The van der Waals surface area contributed by atoms with Crippen molar-refractivity contribution in [2.24, 2.45) is 4.36 Å². The summed E-state index contributed by atoms with van der Waals surface area (Å²) in [5, 5.41) is 13.9. The first kappa shape index (κ1) is 18.9. The molecule has 4 heterocycles. The van der Waals surface area contributed by atoms with Crippen LogP contribution in [0.1, 0.15) is 6.42 Å². The van der Waals surface area contributed by atoms with Crippen molar-refractivity contribution in [3.8, 4) is 29.4 Å². The third kappa shape index (κ3) is 3.90. The predicted molar refractivity (Wildman–Crippen MR) is 109 cm³/mol. The van der Waals surface area contributed by atoms with Crippen LogP contribution in [0.25, 0.3) is 28.1 Å². The van der Waals surface area contributed by atoms with Gasteiger partial charge in [-0.3, -0.25) is 0 Å². The Balaban J connectivity index is 1.58. The van der Waals surface area contributed by atoms with E-state index in [-0.39, 0.29) is 10.7 Å². The maximum atomic E-state index is 8.57. The number of hydrogen-bond donors (Lipinski definition) is 0. The third-order valence-corrected chi connectivity index (χ3v) is 5.50. The fourth-order valence-corrected chi connectivity index (χ4v) is 3.65. The Morgan fingerprint density at radius 3 is 3.03 bits per heavy atom. The summed E-state index contributed by atoms with van der Waals surface area (Å²) in [5.41, 5.74) is 2.05. The van der Waals surface area contributed by atoms with E-state index in [1.165, 1.54) is 0 Å². The normalized spacial score (nSPS) is 12.3. The number of imidazole rings is 1. The Bertz CT molecular complexity index is 1240. The molecule has 0 bridgehead atoms. The van der Waals surface area contributed by atoms with Crippen LogP contribution in [-0.2, 0) is 10.7 Å². The smallest absolute Gasteiger partial charge is 0.231 e. The second-order valence-corrected chi connectivity index (χ2v) is 7.92. The lowest BCUT2D eigenvalue weighted by Crippen LogP contribution is -2.06. The summed E-state index contributed by atoms with van der Waals surface area (Å²) < 4.78 is 22.5. The van der Waals surface area contributed by atoms with Gasteiger partial charge in [0.2, 0.25) is 18.0 Å². The molecule has 0 spiro atoms. The summed E-state index contributed by atoms with van der Waals surface area (Å²) >= 11 is 0. The molecule has 4 aromatic rings. The Hall–Kier alpha value is -3.45. The molecule has 10 heteroatoms. The summed E-state index contributed by atoms with van der Waals surface area (Å²) in [6.07, 6.45) is 7.90. The monoisotopic (exact) mass is 410 g/mol. The van der Waals surface area contributed by atoms with E-state index in [1.807, 2.05) is 24.6 Å². The van der Waals surface area contributed by atoms with Crippen molar-refractivity contribution < 1.29 is 13.9 Å². The average Bonchev–Trinajstić information content (AvgIpc) is 3.34. The van der Waals surface area contributed by atoms with E-state index in [9.17, 15) is 0 Å². The summed E-state index contributed by atoms with van der Waals surface area (Å²) in [7, 11) is 1.31. The molecule has 9 nitrogen and oxygen atoms in total. The summed E-state index contributed by atoms with van der Waals surface area (Å²) in [6, 6.07) is 7.27. The second kappa shape index (κ2) is 8.28. The van der Waals surface area contributed by atoms with Crippen LogP contribution in [0.15, 0.2) is 45.4 Å². The Morgan fingerprint density at radius 2 is 2.21 bits per heavy atom. The van der Waals surface area contributed by atoms with Gasteiger partial charge in [0.1, 0.15) is 11.3 Å². The highest BCUT2D eigenvalue weighted by atomic mass is 32.2. The molecule has 4 aromatic heterocycles. The van der Waals surface area contributed by atoms with E-state index in [1.54, 1.807) is 36.2 Å². The molecule has 0 aliphatic rings. The molecule has 0 saturated heterocycles. The molecule has 1 atom stereocenters. The van der Waals surface area contributed by atoms with Gasteiger partial charge in [-0.15, -0.1) is 5.10 Å². The van der Waals surface area contributed by atoms with Crippen molar-refractivity contribution in [3.63, 3.8) is 0 Å². The number of furan rings is 1. The maximum absolute atomic E-state index is 8.57. The van der Waals surface area contributed by atoms with Gasteiger partial charge in [0, 0.05) is 24.1 Å². The average molecular weight is 410 g/mol. The number of fused-ring (bicyclic) bond motifs is 2. The number of methoxy groups -OCH3 is 1. The molecule has 4 rings (SSSR count). The Labute approximate surface area is 169 Å². The van der Waals surface area contributed by atoms with Gasteiger partial charge >= 0.3 is 0 Å². The van der Waals surface area contributed by atoms with Gasteiger partial charge in [0.25, 0.3) is 0 Å². The number of nitriles is 1. The number of hydrogen-bond acceptors (Lipinski definition) is 8. The van der Waals surface area contributed by atoms with Crippen molar-refractivity contribution in [1.82, 2.24) is 19.6 Å². The molecule has 0 N–H and O–H groups in total. The first-order valence-electron chi connectivity index (χ1n) is 8.82. The zero-order valence-electron chi connectivity index (χ0n) is 15.9. The fraction of sp³-hybridized carbons (Fsp3) is 0.263. The van der Waals surface area contributed by atoms with Crippen LogP contribution in [0, 0.1) is 11.5 Å². The summed E-state index contributed by atoms with van der Waals surface area (Å²) in [6.45, 7) is 0.494. The van der Waals surface area contributed by atoms with E-state index in [0.717, 1.165) is 17.6 Å². The SMILES string of the molecule is COc1nccc2oc(-c3cnc4ccc(OCCCS(C)=NC#N)nn34)cc12. The van der Waals surface area contributed by atoms with Crippen LogP contribution in [0.4, 0.5) is 0 Å². The number of ether oxygens (including phenoxy) is 2. The lowest BCUT2D eigenvalue weighted by molar-refractivity contribution is 0.301. The molecule has 0 radical (unpaired) electrons. The summed E-state index contributed by atoms with van der Waals surface area (Å²) in [4.78, 5) is 8.58. The topological polar surface area (TPSA) is 111 Å². The summed E-state index contributed by atoms with van der Waals surface area (Å²) in [5.74, 6) is 2.40. The highest BCUT2D eigenvalue weighted by Crippen LogP contribution is 2.32. The molecule has 0 saturated carbocycles.